The number of hydrogen-bond acceptors (Lipinski definition) is 4. The summed E-state index contributed by atoms with van der Waals surface area (Å²) in [6.07, 6.45) is 0.842. The second-order valence-corrected chi connectivity index (χ2v) is 3.73. The Morgan fingerprint density at radius 3 is 3.12 bits per heavy atom. The zero-order chi connectivity index (χ0) is 12.4. The molecule has 0 bridgehead atoms. The number of amides is 1. The normalized spacial score (nSPS) is 19.8. The summed E-state index contributed by atoms with van der Waals surface area (Å²) in [4.78, 5) is 26.7. The molecule has 1 aromatic rings. The summed E-state index contributed by atoms with van der Waals surface area (Å²) in [6.45, 7) is 1.70. The number of fused-ring (bicyclic) bond motifs is 1. The predicted octanol–water partition coefficient (Wildman–Crippen LogP) is 0.892. The molecule has 0 saturated heterocycles. The lowest BCUT2D eigenvalue weighted by Crippen LogP contribution is -2.45. The molecule has 2 N–H and O–H groups in total. The zero-order valence-electron chi connectivity index (χ0n) is 9.21. The molecule has 1 aromatic heterocycles. The number of rotatable bonds is 3. The van der Waals surface area contributed by atoms with Crippen LogP contribution in [0.15, 0.2) is 18.3 Å². The fourth-order valence-corrected chi connectivity index (χ4v) is 1.74. The van der Waals surface area contributed by atoms with Gasteiger partial charge in [-0.05, 0) is 18.6 Å². The van der Waals surface area contributed by atoms with Gasteiger partial charge in [0.15, 0.2) is 17.7 Å². The van der Waals surface area contributed by atoms with Gasteiger partial charge in [0.1, 0.15) is 5.92 Å². The Hall–Kier alpha value is -2.11. The van der Waals surface area contributed by atoms with Crippen molar-refractivity contribution in [2.24, 2.45) is 5.92 Å². The third-order valence-corrected chi connectivity index (χ3v) is 2.65. The Morgan fingerprint density at radius 2 is 2.47 bits per heavy atom. The smallest absolute Gasteiger partial charge is 0.310 e. The third-order valence-electron chi connectivity index (χ3n) is 2.65. The van der Waals surface area contributed by atoms with Gasteiger partial charge >= 0.3 is 5.97 Å². The molecule has 0 saturated carbocycles. The van der Waals surface area contributed by atoms with Crippen LogP contribution in [0.25, 0.3) is 0 Å². The molecule has 90 valence electrons. The standard InChI is InChI=1S/C11H12N2O4/c1-2-6(11(15)16)8-10(14)13-9-7(17-8)4-3-5-12-9/h3-6,8H,2H2,1H3,(H,15,16)(H,12,13,14). The summed E-state index contributed by atoms with van der Waals surface area (Å²) >= 11 is 0. The first kappa shape index (κ1) is 11.4. The van der Waals surface area contributed by atoms with Crippen LogP contribution in [0.4, 0.5) is 5.82 Å². The number of carboxylic acid groups (broad SMARTS) is 1. The van der Waals surface area contributed by atoms with E-state index in [2.05, 4.69) is 10.3 Å². The van der Waals surface area contributed by atoms with E-state index in [-0.39, 0.29) is 0 Å². The van der Waals surface area contributed by atoms with Crippen molar-refractivity contribution in [1.29, 1.82) is 0 Å². The van der Waals surface area contributed by atoms with Gasteiger partial charge in [-0.3, -0.25) is 9.59 Å². The molecule has 2 rings (SSSR count). The molecule has 2 heterocycles. The number of hydrogen-bond donors (Lipinski definition) is 2. The number of carboxylic acids is 1. The van der Waals surface area contributed by atoms with E-state index in [1.54, 1.807) is 19.1 Å². The molecule has 1 aliphatic rings. The summed E-state index contributed by atoms with van der Waals surface area (Å²) < 4.78 is 5.40. The molecule has 1 amide bonds. The third kappa shape index (κ3) is 2.06. The number of nitrogens with zero attached hydrogens (tertiary/aromatic N) is 1. The van der Waals surface area contributed by atoms with Crippen molar-refractivity contribution in [1.82, 2.24) is 4.98 Å². The topological polar surface area (TPSA) is 88.5 Å². The Balaban J connectivity index is 2.28. The van der Waals surface area contributed by atoms with E-state index >= 15 is 0 Å². The lowest BCUT2D eigenvalue weighted by atomic mass is 9.98. The molecule has 0 aromatic carbocycles. The van der Waals surface area contributed by atoms with Gasteiger partial charge in [-0.15, -0.1) is 0 Å². The largest absolute Gasteiger partial charge is 0.481 e. The van der Waals surface area contributed by atoms with Crippen LogP contribution in [-0.4, -0.2) is 28.1 Å². The lowest BCUT2D eigenvalue weighted by molar-refractivity contribution is -0.149. The van der Waals surface area contributed by atoms with E-state index < -0.39 is 23.9 Å². The minimum atomic E-state index is -1.04. The molecule has 2 atom stereocenters. The zero-order valence-corrected chi connectivity index (χ0v) is 9.21. The van der Waals surface area contributed by atoms with Gasteiger partial charge in [0, 0.05) is 6.20 Å². The molecule has 1 aliphatic heterocycles. The monoisotopic (exact) mass is 236 g/mol. The summed E-state index contributed by atoms with van der Waals surface area (Å²) in [5, 5.41) is 11.6. The summed E-state index contributed by atoms with van der Waals surface area (Å²) in [5.74, 6) is -1.64. The van der Waals surface area contributed by atoms with Gasteiger partial charge in [-0.2, -0.15) is 0 Å². The van der Waals surface area contributed by atoms with Crippen LogP contribution in [0.3, 0.4) is 0 Å². The number of anilines is 1. The van der Waals surface area contributed by atoms with Crippen LogP contribution >= 0.6 is 0 Å². The second-order valence-electron chi connectivity index (χ2n) is 3.73. The predicted molar refractivity (Wildman–Crippen MR) is 58.7 cm³/mol. The van der Waals surface area contributed by atoms with Crippen LogP contribution in [-0.2, 0) is 9.59 Å². The second kappa shape index (κ2) is 4.40. The number of pyridine rings is 1. The van der Waals surface area contributed by atoms with Crippen molar-refractivity contribution in [2.45, 2.75) is 19.4 Å². The minimum Gasteiger partial charge on any atom is -0.481 e. The Kier molecular flexibility index (Phi) is 2.95. The van der Waals surface area contributed by atoms with Crippen LogP contribution in [0, 0.1) is 5.92 Å². The van der Waals surface area contributed by atoms with E-state index in [1.165, 1.54) is 6.20 Å². The van der Waals surface area contributed by atoms with Crippen molar-refractivity contribution in [2.75, 3.05) is 5.32 Å². The fraction of sp³-hybridized carbons (Fsp3) is 0.364. The number of aliphatic carboxylic acids is 1. The highest BCUT2D eigenvalue weighted by Crippen LogP contribution is 2.29. The van der Waals surface area contributed by atoms with E-state index in [9.17, 15) is 9.59 Å². The van der Waals surface area contributed by atoms with Gasteiger partial charge < -0.3 is 15.2 Å². The highest BCUT2D eigenvalue weighted by molar-refractivity contribution is 5.99. The Bertz CT molecular complexity index is 461. The van der Waals surface area contributed by atoms with E-state index in [0.717, 1.165) is 0 Å². The highest BCUT2D eigenvalue weighted by Gasteiger charge is 2.38. The molecule has 6 nitrogen and oxygen atoms in total. The molecule has 0 aliphatic carbocycles. The van der Waals surface area contributed by atoms with Crippen LogP contribution in [0.1, 0.15) is 13.3 Å². The van der Waals surface area contributed by atoms with Gasteiger partial charge in [0.05, 0.1) is 0 Å². The fourth-order valence-electron chi connectivity index (χ4n) is 1.74. The van der Waals surface area contributed by atoms with E-state index in [0.29, 0.717) is 18.0 Å². The van der Waals surface area contributed by atoms with E-state index in [1.807, 2.05) is 0 Å². The molecular formula is C11H12N2O4. The molecule has 6 heteroatoms. The van der Waals surface area contributed by atoms with Crippen LogP contribution in [0.2, 0.25) is 0 Å². The summed E-state index contributed by atoms with van der Waals surface area (Å²) in [6, 6.07) is 3.30. The van der Waals surface area contributed by atoms with Crippen LogP contribution < -0.4 is 10.1 Å². The number of carbonyl (C=O) groups excluding carboxylic acids is 1. The first-order valence-corrected chi connectivity index (χ1v) is 5.28. The van der Waals surface area contributed by atoms with Crippen molar-refractivity contribution < 1.29 is 19.4 Å². The SMILES string of the molecule is CCC(C(=O)O)C1Oc2cccnc2NC1=O. The molecule has 0 fully saturated rings. The Morgan fingerprint density at radius 1 is 1.71 bits per heavy atom. The average Bonchev–Trinajstić information content (AvgIpc) is 2.30. The first-order chi connectivity index (χ1) is 8.13. The molecule has 17 heavy (non-hydrogen) atoms. The first-order valence-electron chi connectivity index (χ1n) is 5.28. The maximum Gasteiger partial charge on any atom is 0.310 e. The molecule has 0 spiro atoms. The van der Waals surface area contributed by atoms with Gasteiger partial charge in [-0.1, -0.05) is 6.92 Å². The maximum absolute atomic E-state index is 11.7. The van der Waals surface area contributed by atoms with Crippen molar-refractivity contribution in [3.63, 3.8) is 0 Å². The van der Waals surface area contributed by atoms with E-state index in [4.69, 9.17) is 9.84 Å². The molecule has 0 radical (unpaired) electrons. The summed E-state index contributed by atoms with van der Waals surface area (Å²) in [5.41, 5.74) is 0. The van der Waals surface area contributed by atoms with Gasteiger partial charge in [0.2, 0.25) is 0 Å². The number of aromatic nitrogens is 1. The quantitative estimate of drug-likeness (QED) is 0.813. The molecular weight excluding hydrogens is 224 g/mol. The number of nitrogens with one attached hydrogen (secondary N) is 1. The van der Waals surface area contributed by atoms with Crippen molar-refractivity contribution >= 4 is 17.7 Å². The minimum absolute atomic E-state index is 0.322. The lowest BCUT2D eigenvalue weighted by Gasteiger charge is -2.28. The summed E-state index contributed by atoms with van der Waals surface area (Å²) in [7, 11) is 0. The average molecular weight is 236 g/mol. The number of ether oxygens (including phenoxy) is 1. The van der Waals surface area contributed by atoms with Gasteiger partial charge in [-0.25, -0.2) is 4.98 Å². The Labute approximate surface area is 97.6 Å². The van der Waals surface area contributed by atoms with Crippen LogP contribution in [0.5, 0.6) is 5.75 Å². The van der Waals surface area contributed by atoms with Crippen molar-refractivity contribution in [3.05, 3.63) is 18.3 Å². The highest BCUT2D eigenvalue weighted by atomic mass is 16.5. The maximum atomic E-state index is 11.7. The molecule has 2 unspecified atom stereocenters. The van der Waals surface area contributed by atoms with Crippen molar-refractivity contribution in [3.8, 4) is 5.75 Å². The van der Waals surface area contributed by atoms with Gasteiger partial charge in [0.25, 0.3) is 5.91 Å². The number of carbonyl (C=O) groups is 2.